The number of benzene rings is 1. The van der Waals surface area contributed by atoms with Crippen molar-refractivity contribution in [2.45, 2.75) is 4.90 Å². The van der Waals surface area contributed by atoms with E-state index in [0.717, 1.165) is 12.1 Å². The Labute approximate surface area is 130 Å². The smallest absolute Gasteiger partial charge is 0.339 e. The van der Waals surface area contributed by atoms with Gasteiger partial charge in [-0.15, -0.1) is 0 Å². The number of carboxylic acid groups (broad SMARTS) is 2. The highest BCUT2D eigenvalue weighted by molar-refractivity contribution is 7.85. The third-order valence-corrected chi connectivity index (χ3v) is 3.28. The number of aromatic carboxylic acids is 2. The summed E-state index contributed by atoms with van der Waals surface area (Å²) in [5.74, 6) is -3.00. The molecule has 0 radical (unpaired) electrons. The molecule has 0 saturated carbocycles. The summed E-state index contributed by atoms with van der Waals surface area (Å²) in [7, 11) is -4.70. The van der Waals surface area contributed by atoms with E-state index in [1.54, 1.807) is 12.4 Å². The molecule has 1 aromatic heterocycles. The molecule has 0 saturated heterocycles. The van der Waals surface area contributed by atoms with Crippen molar-refractivity contribution >= 4 is 22.1 Å². The van der Waals surface area contributed by atoms with Crippen LogP contribution in [0.4, 0.5) is 0 Å². The van der Waals surface area contributed by atoms with Crippen LogP contribution >= 0.6 is 0 Å². The fraction of sp³-hybridized carbons (Fsp3) is 0. The predicted molar refractivity (Wildman–Crippen MR) is 73.0 cm³/mol. The van der Waals surface area contributed by atoms with Crippen LogP contribution in [0.1, 0.15) is 20.7 Å². The Morgan fingerprint density at radius 1 is 1.00 bits per heavy atom. The molecule has 0 aliphatic heterocycles. The van der Waals surface area contributed by atoms with Gasteiger partial charge in [-0.25, -0.2) is 23.0 Å². The number of pyridine rings is 1. The number of rotatable bonds is 3. The molecule has 4 N–H and O–H groups in total. The van der Waals surface area contributed by atoms with Gasteiger partial charge in [0.15, 0.2) is 12.4 Å². The van der Waals surface area contributed by atoms with Crippen molar-refractivity contribution in [2.24, 2.45) is 0 Å². The minimum Gasteiger partial charge on any atom is -0.744 e. The molecule has 0 unspecified atom stereocenters. The first-order valence-electron chi connectivity index (χ1n) is 5.84. The molecule has 1 aromatic carbocycles. The largest absolute Gasteiger partial charge is 0.744 e. The van der Waals surface area contributed by atoms with Gasteiger partial charge in [-0.05, 0) is 18.2 Å². The van der Waals surface area contributed by atoms with Crippen molar-refractivity contribution in [1.82, 2.24) is 0 Å². The molecular formula is C13H11NO8S. The highest BCUT2D eigenvalue weighted by Gasteiger charge is 2.12. The molecular weight excluding hydrogens is 330 g/mol. The van der Waals surface area contributed by atoms with Crippen molar-refractivity contribution in [3.8, 4) is 5.75 Å². The van der Waals surface area contributed by atoms with Gasteiger partial charge in [0.25, 0.3) is 0 Å². The molecule has 2 rings (SSSR count). The van der Waals surface area contributed by atoms with Gasteiger partial charge in [-0.1, -0.05) is 0 Å². The number of hydrogen-bond donors (Lipinski definition) is 3. The second kappa shape index (κ2) is 7.33. The SMILES string of the molecule is O=C(O)c1cc(S(=O)(=O)[O-])ccc1O.O=C(O)c1cc[nH+]cc1. The Balaban J connectivity index is 0.000000253. The predicted octanol–water partition coefficient (Wildman–Crippen LogP) is 0.193. The first kappa shape index (κ1) is 18.1. The second-order valence-electron chi connectivity index (χ2n) is 4.03. The van der Waals surface area contributed by atoms with Gasteiger partial charge >= 0.3 is 11.9 Å². The van der Waals surface area contributed by atoms with Gasteiger partial charge in [-0.3, -0.25) is 0 Å². The normalized spacial score (nSPS) is 10.3. The van der Waals surface area contributed by atoms with Crippen LogP contribution in [0.3, 0.4) is 0 Å². The van der Waals surface area contributed by atoms with Crippen LogP contribution in [-0.2, 0) is 10.1 Å². The first-order chi connectivity index (χ1) is 10.6. The number of nitrogens with one attached hydrogen (secondary N) is 1. The molecule has 9 nitrogen and oxygen atoms in total. The van der Waals surface area contributed by atoms with Crippen LogP contribution < -0.4 is 4.98 Å². The van der Waals surface area contributed by atoms with Crippen molar-refractivity contribution in [3.05, 3.63) is 53.9 Å². The van der Waals surface area contributed by atoms with Crippen molar-refractivity contribution in [1.29, 1.82) is 0 Å². The maximum Gasteiger partial charge on any atom is 0.339 e. The molecule has 0 aliphatic carbocycles. The van der Waals surface area contributed by atoms with E-state index < -0.39 is 38.3 Å². The molecule has 23 heavy (non-hydrogen) atoms. The number of aromatic hydroxyl groups is 1. The summed E-state index contributed by atoms with van der Waals surface area (Å²) >= 11 is 0. The fourth-order valence-corrected chi connectivity index (χ4v) is 1.87. The molecule has 0 atom stereocenters. The minimum atomic E-state index is -4.70. The fourth-order valence-electron chi connectivity index (χ4n) is 1.37. The minimum absolute atomic E-state index is 0.300. The molecule has 122 valence electrons. The summed E-state index contributed by atoms with van der Waals surface area (Å²) in [4.78, 5) is 22.7. The highest BCUT2D eigenvalue weighted by atomic mass is 32.2. The van der Waals surface area contributed by atoms with Gasteiger partial charge in [0.1, 0.15) is 21.4 Å². The summed E-state index contributed by atoms with van der Waals surface area (Å²) in [6.45, 7) is 0. The number of phenols is 1. The number of H-pyrrole nitrogens is 1. The molecule has 10 heteroatoms. The maximum absolute atomic E-state index is 10.5. The van der Waals surface area contributed by atoms with Crippen LogP contribution in [0, 0.1) is 0 Å². The Hall–Kier alpha value is -2.98. The summed E-state index contributed by atoms with van der Waals surface area (Å²) in [6.07, 6.45) is 3.15. The number of carbonyl (C=O) groups is 2. The lowest BCUT2D eigenvalue weighted by atomic mass is 10.2. The van der Waals surface area contributed by atoms with Gasteiger partial charge in [0.05, 0.1) is 10.5 Å². The Morgan fingerprint density at radius 3 is 1.96 bits per heavy atom. The van der Waals surface area contributed by atoms with Gasteiger partial charge in [0.2, 0.25) is 0 Å². The lowest BCUT2D eigenvalue weighted by molar-refractivity contribution is -0.378. The Bertz CT molecular complexity index is 817. The first-order valence-corrected chi connectivity index (χ1v) is 7.25. The number of carboxylic acids is 2. The van der Waals surface area contributed by atoms with Crippen LogP contribution in [-0.4, -0.2) is 40.2 Å². The molecule has 1 heterocycles. The lowest BCUT2D eigenvalue weighted by Gasteiger charge is -2.08. The van der Waals surface area contributed by atoms with E-state index in [9.17, 15) is 22.6 Å². The van der Waals surface area contributed by atoms with Gasteiger partial charge in [0, 0.05) is 12.1 Å². The third-order valence-electron chi connectivity index (χ3n) is 2.45. The number of aromatic amines is 1. The van der Waals surface area contributed by atoms with Crippen LogP contribution in [0.2, 0.25) is 0 Å². The van der Waals surface area contributed by atoms with Crippen LogP contribution in [0.5, 0.6) is 5.75 Å². The molecule has 0 fully saturated rings. The average Bonchev–Trinajstić information content (AvgIpc) is 2.47. The average molecular weight is 341 g/mol. The van der Waals surface area contributed by atoms with E-state index in [0.29, 0.717) is 11.6 Å². The van der Waals surface area contributed by atoms with E-state index in [4.69, 9.17) is 15.3 Å². The second-order valence-corrected chi connectivity index (χ2v) is 5.41. The Kier molecular flexibility index (Phi) is 5.76. The number of hydrogen-bond acceptors (Lipinski definition) is 6. The van der Waals surface area contributed by atoms with E-state index in [2.05, 4.69) is 4.98 Å². The highest BCUT2D eigenvalue weighted by Crippen LogP contribution is 2.20. The van der Waals surface area contributed by atoms with Gasteiger partial charge in [-0.2, -0.15) is 0 Å². The zero-order valence-corrected chi connectivity index (χ0v) is 12.1. The van der Waals surface area contributed by atoms with E-state index in [1.165, 1.54) is 12.1 Å². The standard InChI is InChI=1S/C7H6O6S.C6H5NO2/c8-6-2-1-4(14(11,12)13)3-5(6)7(9)10;8-6(9)5-1-3-7-4-2-5/h1-3,8H,(H,9,10)(H,11,12,13);1-4H,(H,8,9). The quantitative estimate of drug-likeness (QED) is 0.665. The topological polar surface area (TPSA) is 166 Å². The summed E-state index contributed by atoms with van der Waals surface area (Å²) in [6, 6.07) is 5.29. The molecule has 0 bridgehead atoms. The van der Waals surface area contributed by atoms with Crippen LogP contribution in [0.25, 0.3) is 0 Å². The summed E-state index contributed by atoms with van der Waals surface area (Å²) in [5, 5.41) is 25.9. The number of aromatic nitrogens is 1. The van der Waals surface area contributed by atoms with E-state index in [-0.39, 0.29) is 0 Å². The van der Waals surface area contributed by atoms with Crippen LogP contribution in [0.15, 0.2) is 47.6 Å². The maximum atomic E-state index is 10.5. The monoisotopic (exact) mass is 341 g/mol. The third kappa shape index (κ3) is 5.37. The van der Waals surface area contributed by atoms with E-state index in [1.807, 2.05) is 0 Å². The zero-order valence-electron chi connectivity index (χ0n) is 11.3. The molecule has 0 spiro atoms. The van der Waals surface area contributed by atoms with Crippen molar-refractivity contribution in [3.63, 3.8) is 0 Å². The van der Waals surface area contributed by atoms with Gasteiger partial charge < -0.3 is 19.9 Å². The molecule has 0 aliphatic rings. The molecule has 0 amide bonds. The van der Waals surface area contributed by atoms with Crippen molar-refractivity contribution in [2.75, 3.05) is 0 Å². The van der Waals surface area contributed by atoms with E-state index >= 15 is 0 Å². The summed E-state index contributed by atoms with van der Waals surface area (Å²) < 4.78 is 31.5. The zero-order chi connectivity index (χ0) is 17.6. The molecule has 2 aromatic rings. The van der Waals surface area contributed by atoms with Crippen molar-refractivity contribution < 1.29 is 42.9 Å². The Morgan fingerprint density at radius 2 is 1.57 bits per heavy atom. The lowest BCUT2D eigenvalue weighted by Crippen LogP contribution is -2.02. The summed E-state index contributed by atoms with van der Waals surface area (Å²) in [5.41, 5.74) is -0.323.